The van der Waals surface area contributed by atoms with E-state index in [4.69, 9.17) is 9.47 Å². The monoisotopic (exact) mass is 503 g/mol. The van der Waals surface area contributed by atoms with Crippen LogP contribution in [0.15, 0.2) is 36.0 Å². The Hall–Kier alpha value is -1.06. The van der Waals surface area contributed by atoms with Crippen molar-refractivity contribution >= 4 is 17.8 Å². The maximum absolute atomic E-state index is 11.9. The van der Waals surface area contributed by atoms with E-state index < -0.39 is 6.09 Å². The second-order valence-corrected chi connectivity index (χ2v) is 6.72. The van der Waals surface area contributed by atoms with Crippen molar-refractivity contribution in [2.45, 2.75) is 39.7 Å². The van der Waals surface area contributed by atoms with Gasteiger partial charge in [0.15, 0.2) is 5.78 Å². The number of ether oxygens (including phenoxy) is 2. The van der Waals surface area contributed by atoms with E-state index in [-0.39, 0.29) is 89.6 Å². The van der Waals surface area contributed by atoms with Crippen molar-refractivity contribution in [2.24, 2.45) is 0 Å². The van der Waals surface area contributed by atoms with Gasteiger partial charge in [0.1, 0.15) is 0 Å². The molecule has 166 valence electrons. The Morgan fingerprint density at radius 2 is 1.77 bits per heavy atom. The van der Waals surface area contributed by atoms with Crippen molar-refractivity contribution in [3.63, 3.8) is 0 Å². The van der Waals surface area contributed by atoms with Crippen LogP contribution >= 0.6 is 0 Å². The van der Waals surface area contributed by atoms with Crippen LogP contribution in [0.2, 0.25) is 0 Å². The van der Waals surface area contributed by atoms with E-state index in [1.54, 1.807) is 13.1 Å². The van der Waals surface area contributed by atoms with E-state index >= 15 is 0 Å². The minimum atomic E-state index is -0.442. The molecule has 0 spiro atoms. The number of allylic oxidation sites excluding steroid dienone is 2. The second-order valence-electron chi connectivity index (χ2n) is 6.72. The summed E-state index contributed by atoms with van der Waals surface area (Å²) in [6.07, 6.45) is 2.82. The van der Waals surface area contributed by atoms with Crippen LogP contribution in [-0.4, -0.2) is 51.2 Å². The summed E-state index contributed by atoms with van der Waals surface area (Å²) in [6, 6.07) is 7.44. The maximum atomic E-state index is 11.9. The van der Waals surface area contributed by atoms with Crippen molar-refractivity contribution < 1.29 is 82.0 Å². The fourth-order valence-electron chi connectivity index (χ4n) is 2.32. The summed E-state index contributed by atoms with van der Waals surface area (Å²) in [4.78, 5) is 34.9. The van der Waals surface area contributed by atoms with Gasteiger partial charge in [-0.1, -0.05) is 36.8 Å². The third kappa shape index (κ3) is 15.4. The first-order valence-electron chi connectivity index (χ1n) is 10.1. The fraction of sp³-hybridized carbons (Fsp3) is 0.500. The van der Waals surface area contributed by atoms with E-state index in [9.17, 15) is 14.4 Å². The minimum Gasteiger partial charge on any atom is -0.648 e. The summed E-state index contributed by atoms with van der Waals surface area (Å²) >= 11 is 0. The molecule has 0 aliphatic carbocycles. The van der Waals surface area contributed by atoms with Crippen LogP contribution in [0.1, 0.15) is 37.8 Å². The first kappa shape index (κ1) is 29.9. The molecule has 2 N–H and O–H groups in total. The van der Waals surface area contributed by atoms with Gasteiger partial charge in [0, 0.05) is 38.2 Å². The molecule has 1 aromatic carbocycles. The average molecular weight is 504 g/mol. The zero-order valence-corrected chi connectivity index (χ0v) is 23.9. The van der Waals surface area contributed by atoms with Gasteiger partial charge in [-0.3, -0.25) is 4.79 Å². The van der Waals surface area contributed by atoms with Crippen molar-refractivity contribution in [3.05, 3.63) is 52.5 Å². The number of alkyl carbamates (subject to hydrolysis) is 1. The van der Waals surface area contributed by atoms with Crippen molar-refractivity contribution in [3.8, 4) is 0 Å². The standard InChI is InChI=1S/C22H33N3O5.Rb/c1-4-10-24-22(28)30-12-5-11-29-16-21(27)25-15-19-8-6-18(7-9-19)14-20(26)13-17(2)23-3;/h6-9,13H,4-5,10-12,14-16H2,1-3H3,(H3,23,24,25,26,27,28);/q;+1/p-1. The molecule has 1 rings (SSSR count). The van der Waals surface area contributed by atoms with Crippen LogP contribution in [0.5, 0.6) is 0 Å². The van der Waals surface area contributed by atoms with Gasteiger partial charge in [-0.15, -0.1) is 6.54 Å². The average Bonchev–Trinajstić information content (AvgIpc) is 2.73. The third-order valence-electron chi connectivity index (χ3n) is 4.02. The Balaban J connectivity index is 0.00000900. The predicted octanol–water partition coefficient (Wildman–Crippen LogP) is -0.131. The van der Waals surface area contributed by atoms with E-state index in [0.29, 0.717) is 26.0 Å². The van der Waals surface area contributed by atoms with Gasteiger partial charge in [0.2, 0.25) is 0 Å². The quantitative estimate of drug-likeness (QED) is 0.270. The molecular formula is C22H32N3O5Rb. The van der Waals surface area contributed by atoms with Crippen LogP contribution in [0.4, 0.5) is 4.79 Å². The molecule has 0 unspecified atom stereocenters. The number of carbonyl (C=O) groups is 3. The Morgan fingerprint density at radius 3 is 2.42 bits per heavy atom. The molecule has 0 saturated carbocycles. The number of nitrogens with one attached hydrogen (secondary N) is 2. The molecule has 9 heteroatoms. The SMILES string of the molecule is CCCNC(=O)OCCCOCC(=O)[N-]Cc1ccc(CC(=O)/C=C(/C)NC)cc1.[Rb+]. The molecule has 0 bridgehead atoms. The van der Waals surface area contributed by atoms with E-state index in [2.05, 4.69) is 16.0 Å². The molecule has 2 amide bonds. The molecule has 0 fully saturated rings. The molecule has 0 radical (unpaired) electrons. The van der Waals surface area contributed by atoms with Crippen LogP contribution in [0, 0.1) is 0 Å². The van der Waals surface area contributed by atoms with Gasteiger partial charge < -0.3 is 30.2 Å². The van der Waals surface area contributed by atoms with Crippen molar-refractivity contribution in [2.75, 3.05) is 33.4 Å². The molecule has 8 nitrogen and oxygen atoms in total. The van der Waals surface area contributed by atoms with E-state index in [0.717, 1.165) is 23.2 Å². The minimum absolute atomic E-state index is 0. The van der Waals surface area contributed by atoms with Crippen LogP contribution < -0.4 is 68.8 Å². The zero-order chi connectivity index (χ0) is 22.2. The molecular weight excluding hydrogens is 472 g/mol. The summed E-state index contributed by atoms with van der Waals surface area (Å²) in [7, 11) is 1.77. The first-order valence-corrected chi connectivity index (χ1v) is 10.1. The molecule has 0 aliphatic rings. The molecule has 0 aliphatic heterocycles. The van der Waals surface area contributed by atoms with Crippen molar-refractivity contribution in [1.29, 1.82) is 0 Å². The Morgan fingerprint density at radius 1 is 1.10 bits per heavy atom. The van der Waals surface area contributed by atoms with Gasteiger partial charge in [-0.05, 0) is 18.9 Å². The third-order valence-corrected chi connectivity index (χ3v) is 4.02. The molecule has 1 aromatic rings. The number of amides is 2. The normalized spacial score (nSPS) is 10.6. The number of ketones is 1. The number of rotatable bonds is 14. The van der Waals surface area contributed by atoms with E-state index in [1.807, 2.05) is 38.1 Å². The second kappa shape index (κ2) is 18.5. The zero-order valence-electron chi connectivity index (χ0n) is 19.0. The Bertz CT molecular complexity index is 708. The molecule has 0 heterocycles. The molecule has 0 atom stereocenters. The number of hydrogen-bond donors (Lipinski definition) is 2. The number of carbonyl (C=O) groups excluding carboxylic acids is 3. The number of nitrogens with zero attached hydrogens (tertiary/aromatic N) is 1. The predicted molar refractivity (Wildman–Crippen MR) is 115 cm³/mol. The first-order chi connectivity index (χ1) is 14.4. The summed E-state index contributed by atoms with van der Waals surface area (Å²) < 4.78 is 10.2. The van der Waals surface area contributed by atoms with Gasteiger partial charge in [-0.2, -0.15) is 0 Å². The van der Waals surface area contributed by atoms with Crippen LogP contribution in [-0.2, 0) is 32.0 Å². The smallest absolute Gasteiger partial charge is 0.648 e. The number of hydrogen-bond acceptors (Lipinski definition) is 6. The molecule has 0 saturated heterocycles. The Kier molecular flexibility index (Phi) is 17.9. The fourth-order valence-corrected chi connectivity index (χ4v) is 2.32. The molecule has 31 heavy (non-hydrogen) atoms. The summed E-state index contributed by atoms with van der Waals surface area (Å²) in [6.45, 7) is 5.08. The van der Waals surface area contributed by atoms with Gasteiger partial charge in [0.05, 0.1) is 25.7 Å². The van der Waals surface area contributed by atoms with Gasteiger partial charge in [-0.25, -0.2) is 4.79 Å². The van der Waals surface area contributed by atoms with Gasteiger partial charge in [0.25, 0.3) is 0 Å². The summed E-state index contributed by atoms with van der Waals surface area (Å²) in [5.41, 5.74) is 2.61. The number of benzene rings is 1. The Labute approximate surface area is 233 Å². The summed E-state index contributed by atoms with van der Waals surface area (Å²) in [5.74, 6) is -0.317. The van der Waals surface area contributed by atoms with Gasteiger partial charge >= 0.3 is 64.3 Å². The van der Waals surface area contributed by atoms with E-state index in [1.165, 1.54) is 0 Å². The van der Waals surface area contributed by atoms with Crippen LogP contribution in [0.25, 0.3) is 5.32 Å². The van der Waals surface area contributed by atoms with Crippen molar-refractivity contribution in [1.82, 2.24) is 10.6 Å². The van der Waals surface area contributed by atoms with Crippen LogP contribution in [0.3, 0.4) is 0 Å². The molecule has 0 aromatic heterocycles. The largest absolute Gasteiger partial charge is 1.00 e. The topological polar surface area (TPSA) is 108 Å². The maximum Gasteiger partial charge on any atom is 1.00 e. The summed E-state index contributed by atoms with van der Waals surface area (Å²) in [5, 5.41) is 9.49.